The highest BCUT2D eigenvalue weighted by Gasteiger charge is 2.24. The molecule has 0 aliphatic heterocycles. The third kappa shape index (κ3) is 5.43. The first kappa shape index (κ1) is 21.7. The average molecular weight is 436 g/mol. The van der Waals surface area contributed by atoms with E-state index in [1.165, 1.54) is 48.8 Å². The number of aromatic nitrogens is 2. The monoisotopic (exact) mass is 435 g/mol. The molecule has 1 atom stereocenters. The van der Waals surface area contributed by atoms with Crippen LogP contribution in [0.2, 0.25) is 0 Å². The van der Waals surface area contributed by atoms with Crippen LogP contribution in [0.4, 0.5) is 0 Å². The van der Waals surface area contributed by atoms with Gasteiger partial charge in [-0.15, -0.1) is 0 Å². The van der Waals surface area contributed by atoms with E-state index in [-0.39, 0.29) is 0 Å². The SMILES string of the molecule is c1ccc(-c2ncc(-c3cccc(CNCC(c4ccccc4)C4CCCCC4)c3)[nH]2)cc1. The van der Waals surface area contributed by atoms with Gasteiger partial charge in [0.05, 0.1) is 11.9 Å². The number of H-pyrrole nitrogens is 1. The summed E-state index contributed by atoms with van der Waals surface area (Å²) in [5.41, 5.74) is 6.13. The predicted octanol–water partition coefficient (Wildman–Crippen LogP) is 7.20. The van der Waals surface area contributed by atoms with E-state index in [0.717, 1.165) is 36.1 Å². The Kier molecular flexibility index (Phi) is 6.98. The van der Waals surface area contributed by atoms with E-state index in [1.54, 1.807) is 0 Å². The van der Waals surface area contributed by atoms with E-state index in [0.29, 0.717) is 5.92 Å². The van der Waals surface area contributed by atoms with Gasteiger partial charge in [-0.25, -0.2) is 4.98 Å². The fourth-order valence-electron chi connectivity index (χ4n) is 5.22. The molecule has 3 aromatic carbocycles. The van der Waals surface area contributed by atoms with E-state index in [4.69, 9.17) is 0 Å². The Hall–Kier alpha value is -3.17. The molecule has 4 aromatic rings. The van der Waals surface area contributed by atoms with Crippen molar-refractivity contribution < 1.29 is 0 Å². The Labute approximate surface area is 197 Å². The van der Waals surface area contributed by atoms with Gasteiger partial charge < -0.3 is 10.3 Å². The molecule has 3 heteroatoms. The first-order valence-corrected chi connectivity index (χ1v) is 12.3. The van der Waals surface area contributed by atoms with Gasteiger partial charge in [0.15, 0.2) is 0 Å². The molecular weight excluding hydrogens is 402 g/mol. The van der Waals surface area contributed by atoms with Crippen LogP contribution in [-0.4, -0.2) is 16.5 Å². The molecule has 1 fully saturated rings. The van der Waals surface area contributed by atoms with Gasteiger partial charge in [-0.2, -0.15) is 0 Å². The number of imidazole rings is 1. The zero-order valence-electron chi connectivity index (χ0n) is 19.2. The molecule has 2 N–H and O–H groups in total. The number of rotatable bonds is 8. The van der Waals surface area contributed by atoms with Crippen molar-refractivity contribution in [3.63, 3.8) is 0 Å². The standard InChI is InChI=1S/C30H33N3/c1-4-12-24(13-5-1)28(25-14-6-2-7-15-25)21-31-20-23-11-10-18-27(19-23)29-22-32-30(33-29)26-16-8-3-9-17-26/h1,3-5,8-13,16-19,22,25,28,31H,2,6-7,14-15,20-21H2,(H,32,33). The van der Waals surface area contributed by atoms with Crippen molar-refractivity contribution in [2.24, 2.45) is 5.92 Å². The smallest absolute Gasteiger partial charge is 0.137 e. The van der Waals surface area contributed by atoms with E-state index < -0.39 is 0 Å². The van der Waals surface area contributed by atoms with Crippen molar-refractivity contribution in [3.8, 4) is 22.6 Å². The van der Waals surface area contributed by atoms with Gasteiger partial charge in [0.1, 0.15) is 5.82 Å². The van der Waals surface area contributed by atoms with Crippen LogP contribution in [0.3, 0.4) is 0 Å². The van der Waals surface area contributed by atoms with Crippen LogP contribution in [-0.2, 0) is 6.54 Å². The van der Waals surface area contributed by atoms with Crippen LogP contribution in [0, 0.1) is 5.92 Å². The number of hydrogen-bond acceptors (Lipinski definition) is 2. The minimum absolute atomic E-state index is 0.593. The number of aromatic amines is 1. The normalized spacial score (nSPS) is 15.4. The van der Waals surface area contributed by atoms with Gasteiger partial charge in [-0.3, -0.25) is 0 Å². The average Bonchev–Trinajstić information content (AvgIpc) is 3.39. The van der Waals surface area contributed by atoms with Crippen LogP contribution in [0.1, 0.15) is 49.1 Å². The van der Waals surface area contributed by atoms with Gasteiger partial charge in [0, 0.05) is 18.7 Å². The fraction of sp³-hybridized carbons (Fsp3) is 0.300. The van der Waals surface area contributed by atoms with Gasteiger partial charge >= 0.3 is 0 Å². The van der Waals surface area contributed by atoms with Gasteiger partial charge in [0.25, 0.3) is 0 Å². The third-order valence-corrected chi connectivity index (χ3v) is 7.00. The molecule has 1 aliphatic carbocycles. The van der Waals surface area contributed by atoms with Crippen LogP contribution in [0.5, 0.6) is 0 Å². The lowest BCUT2D eigenvalue weighted by Gasteiger charge is -2.31. The van der Waals surface area contributed by atoms with Crippen molar-refractivity contribution in [1.82, 2.24) is 15.3 Å². The van der Waals surface area contributed by atoms with Crippen molar-refractivity contribution >= 4 is 0 Å². The number of nitrogens with zero attached hydrogens (tertiary/aromatic N) is 1. The van der Waals surface area contributed by atoms with E-state index in [2.05, 4.69) is 82.0 Å². The molecule has 1 aliphatic rings. The Balaban J connectivity index is 1.25. The summed E-state index contributed by atoms with van der Waals surface area (Å²) in [6.45, 7) is 1.91. The largest absolute Gasteiger partial charge is 0.338 e. The predicted molar refractivity (Wildman–Crippen MR) is 137 cm³/mol. The molecule has 0 spiro atoms. The molecule has 1 aromatic heterocycles. The molecule has 0 saturated heterocycles. The Morgan fingerprint density at radius 3 is 2.33 bits per heavy atom. The molecule has 0 amide bonds. The molecule has 3 nitrogen and oxygen atoms in total. The molecule has 0 radical (unpaired) electrons. The Morgan fingerprint density at radius 2 is 1.55 bits per heavy atom. The molecule has 168 valence electrons. The van der Waals surface area contributed by atoms with Crippen molar-refractivity contribution in [1.29, 1.82) is 0 Å². The summed E-state index contributed by atoms with van der Waals surface area (Å²) in [6.07, 6.45) is 8.82. The summed E-state index contributed by atoms with van der Waals surface area (Å²) >= 11 is 0. The topological polar surface area (TPSA) is 40.7 Å². The minimum Gasteiger partial charge on any atom is -0.338 e. The molecule has 5 rings (SSSR count). The second-order valence-corrected chi connectivity index (χ2v) is 9.26. The summed E-state index contributed by atoms with van der Waals surface area (Å²) in [5, 5.41) is 3.78. The third-order valence-electron chi connectivity index (χ3n) is 7.00. The zero-order valence-corrected chi connectivity index (χ0v) is 19.2. The summed E-state index contributed by atoms with van der Waals surface area (Å²) in [6, 6.07) is 30.2. The zero-order chi connectivity index (χ0) is 22.3. The van der Waals surface area contributed by atoms with Crippen LogP contribution >= 0.6 is 0 Å². The minimum atomic E-state index is 0.593. The highest BCUT2D eigenvalue weighted by Crippen LogP contribution is 2.35. The van der Waals surface area contributed by atoms with E-state index in [9.17, 15) is 0 Å². The Morgan fingerprint density at radius 1 is 0.818 bits per heavy atom. The van der Waals surface area contributed by atoms with Crippen LogP contribution in [0.15, 0.2) is 91.1 Å². The number of hydrogen-bond donors (Lipinski definition) is 2. The summed E-state index contributed by atoms with van der Waals surface area (Å²) in [5.74, 6) is 2.30. The first-order chi connectivity index (χ1) is 16.4. The quantitative estimate of drug-likeness (QED) is 0.307. The van der Waals surface area contributed by atoms with Gasteiger partial charge in [0.2, 0.25) is 0 Å². The van der Waals surface area contributed by atoms with Gasteiger partial charge in [-0.1, -0.05) is 98.1 Å². The summed E-state index contributed by atoms with van der Waals surface area (Å²) in [7, 11) is 0. The Bertz CT molecular complexity index is 1130. The molecule has 33 heavy (non-hydrogen) atoms. The number of benzene rings is 3. The van der Waals surface area contributed by atoms with Gasteiger partial charge in [-0.05, 0) is 47.4 Å². The maximum atomic E-state index is 4.59. The van der Waals surface area contributed by atoms with Crippen molar-refractivity contribution in [3.05, 3.63) is 102 Å². The van der Waals surface area contributed by atoms with E-state index >= 15 is 0 Å². The second kappa shape index (κ2) is 10.6. The highest BCUT2D eigenvalue weighted by atomic mass is 14.9. The fourth-order valence-corrected chi connectivity index (χ4v) is 5.22. The summed E-state index contributed by atoms with van der Waals surface area (Å²) < 4.78 is 0. The van der Waals surface area contributed by atoms with Crippen molar-refractivity contribution in [2.75, 3.05) is 6.54 Å². The maximum Gasteiger partial charge on any atom is 0.137 e. The lowest BCUT2D eigenvalue weighted by molar-refractivity contribution is 0.296. The van der Waals surface area contributed by atoms with Crippen molar-refractivity contribution in [2.45, 2.75) is 44.6 Å². The first-order valence-electron chi connectivity index (χ1n) is 12.3. The molecule has 0 bridgehead atoms. The van der Waals surface area contributed by atoms with Crippen LogP contribution in [0.25, 0.3) is 22.6 Å². The molecule has 1 unspecified atom stereocenters. The van der Waals surface area contributed by atoms with E-state index in [1.807, 2.05) is 24.4 Å². The summed E-state index contributed by atoms with van der Waals surface area (Å²) in [4.78, 5) is 8.07. The maximum absolute atomic E-state index is 4.59. The highest BCUT2D eigenvalue weighted by molar-refractivity contribution is 5.64. The molecular formula is C30H33N3. The number of nitrogens with one attached hydrogen (secondary N) is 2. The lowest BCUT2D eigenvalue weighted by Crippen LogP contribution is -2.27. The molecule has 1 heterocycles. The lowest BCUT2D eigenvalue weighted by atomic mass is 9.77. The second-order valence-electron chi connectivity index (χ2n) is 9.26. The van der Waals surface area contributed by atoms with Crippen LogP contribution < -0.4 is 5.32 Å². The molecule has 1 saturated carbocycles.